The molecule has 6 heteroatoms. The fourth-order valence-corrected chi connectivity index (χ4v) is 4.71. The van der Waals surface area contributed by atoms with Gasteiger partial charge in [0.05, 0.1) is 25.9 Å². The summed E-state index contributed by atoms with van der Waals surface area (Å²) < 4.78 is 29.0. The van der Waals surface area contributed by atoms with E-state index in [9.17, 15) is 0 Å². The van der Waals surface area contributed by atoms with Gasteiger partial charge in [-0.2, -0.15) is 0 Å². The van der Waals surface area contributed by atoms with Crippen LogP contribution in [0.25, 0.3) is 0 Å². The van der Waals surface area contributed by atoms with Crippen molar-refractivity contribution in [3.63, 3.8) is 0 Å². The fourth-order valence-electron chi connectivity index (χ4n) is 1.89. The van der Waals surface area contributed by atoms with Crippen LogP contribution in [0.2, 0.25) is 6.04 Å². The van der Waals surface area contributed by atoms with Crippen LogP contribution in [-0.2, 0) is 22.8 Å². The van der Waals surface area contributed by atoms with E-state index in [1.165, 1.54) is 0 Å². The van der Waals surface area contributed by atoms with Crippen LogP contribution in [0.1, 0.15) is 47.0 Å². The van der Waals surface area contributed by atoms with Crippen LogP contribution in [0.4, 0.5) is 0 Å². The Hall–Kier alpha value is 0.0169. The van der Waals surface area contributed by atoms with Gasteiger partial charge >= 0.3 is 8.80 Å². The number of rotatable bonds is 14. The third kappa shape index (κ3) is 8.28. The third-order valence-corrected chi connectivity index (χ3v) is 6.12. The van der Waals surface area contributed by atoms with Gasteiger partial charge in [0, 0.05) is 19.3 Å². The first-order valence-electron chi connectivity index (χ1n) is 8.30. The number of epoxide rings is 1. The molecule has 0 aromatic rings. The normalized spacial score (nSPS) is 19.7. The molecule has 2 atom stereocenters. The quantitative estimate of drug-likeness (QED) is 0.364. The minimum absolute atomic E-state index is 0.0355. The number of ether oxygens (including phenoxy) is 2. The molecule has 0 aliphatic carbocycles. The summed E-state index contributed by atoms with van der Waals surface area (Å²) in [6, 6.07) is 0.867. The highest BCUT2D eigenvalue weighted by molar-refractivity contribution is 6.60. The molecule has 0 N–H and O–H groups in total. The van der Waals surface area contributed by atoms with Crippen molar-refractivity contribution in [3.05, 3.63) is 0 Å². The standard InChI is InChI=1S/C15H32O5Si/c1-5-8-18-21(10-7-3,19-9-6-2)20-11-14(4)16-12-15-13-17-15/h14-15H,5-13H2,1-4H3. The van der Waals surface area contributed by atoms with Crippen molar-refractivity contribution >= 4 is 8.80 Å². The molecule has 1 saturated heterocycles. The van der Waals surface area contributed by atoms with Crippen molar-refractivity contribution in [2.24, 2.45) is 0 Å². The largest absolute Gasteiger partial charge is 0.501 e. The van der Waals surface area contributed by atoms with Crippen molar-refractivity contribution in [2.75, 3.05) is 33.0 Å². The molecule has 1 heterocycles. The molecule has 0 aromatic carbocycles. The molecule has 1 fully saturated rings. The Morgan fingerprint density at radius 3 is 2.14 bits per heavy atom. The van der Waals surface area contributed by atoms with Crippen LogP contribution < -0.4 is 0 Å². The summed E-state index contributed by atoms with van der Waals surface area (Å²) in [5.74, 6) is 0. The van der Waals surface area contributed by atoms with Crippen molar-refractivity contribution in [2.45, 2.75) is 65.2 Å². The molecule has 0 amide bonds. The SMILES string of the molecule is CCCO[Si](CCC)(OCCC)OCC(C)OCC1CO1. The first-order valence-corrected chi connectivity index (χ1v) is 10.2. The van der Waals surface area contributed by atoms with Gasteiger partial charge in [-0.05, 0) is 19.8 Å². The van der Waals surface area contributed by atoms with Crippen LogP contribution in [0, 0.1) is 0 Å². The zero-order valence-electron chi connectivity index (χ0n) is 14.1. The lowest BCUT2D eigenvalue weighted by Gasteiger charge is -2.30. The molecule has 0 spiro atoms. The molecular weight excluding hydrogens is 288 g/mol. The molecule has 0 aromatic heterocycles. The monoisotopic (exact) mass is 320 g/mol. The maximum absolute atomic E-state index is 6.12. The predicted octanol–water partition coefficient (Wildman–Crippen LogP) is 3.01. The van der Waals surface area contributed by atoms with Crippen molar-refractivity contribution < 1.29 is 22.8 Å². The molecule has 1 rings (SSSR count). The van der Waals surface area contributed by atoms with E-state index in [1.807, 2.05) is 6.92 Å². The maximum Gasteiger partial charge on any atom is 0.501 e. The average Bonchev–Trinajstić information content (AvgIpc) is 3.31. The Morgan fingerprint density at radius 1 is 1.05 bits per heavy atom. The molecule has 126 valence electrons. The van der Waals surface area contributed by atoms with Gasteiger partial charge in [-0.1, -0.05) is 27.2 Å². The highest BCUT2D eigenvalue weighted by atomic mass is 28.4. The zero-order chi connectivity index (χ0) is 15.6. The summed E-state index contributed by atoms with van der Waals surface area (Å²) in [7, 11) is -2.55. The van der Waals surface area contributed by atoms with Gasteiger partial charge in [0.15, 0.2) is 0 Å². The average molecular weight is 321 g/mol. The molecule has 1 aliphatic heterocycles. The Bertz CT molecular complexity index is 252. The second kappa shape index (κ2) is 10.7. The minimum atomic E-state index is -2.55. The predicted molar refractivity (Wildman–Crippen MR) is 84.4 cm³/mol. The first-order chi connectivity index (χ1) is 10.2. The summed E-state index contributed by atoms with van der Waals surface area (Å²) >= 11 is 0. The third-order valence-electron chi connectivity index (χ3n) is 3.12. The smallest absolute Gasteiger partial charge is 0.373 e. The van der Waals surface area contributed by atoms with Gasteiger partial charge < -0.3 is 22.8 Å². The molecule has 0 radical (unpaired) electrons. The van der Waals surface area contributed by atoms with Gasteiger partial charge in [-0.3, -0.25) is 0 Å². The van der Waals surface area contributed by atoms with E-state index >= 15 is 0 Å². The number of hydrogen-bond acceptors (Lipinski definition) is 5. The van der Waals surface area contributed by atoms with E-state index in [4.69, 9.17) is 22.8 Å². The second-order valence-electron chi connectivity index (χ2n) is 5.54. The van der Waals surface area contributed by atoms with E-state index in [0.29, 0.717) is 26.4 Å². The lowest BCUT2D eigenvalue weighted by molar-refractivity contribution is -0.0113. The van der Waals surface area contributed by atoms with Gasteiger partial charge in [-0.25, -0.2) is 0 Å². The molecule has 0 bridgehead atoms. The van der Waals surface area contributed by atoms with Crippen LogP contribution in [0.3, 0.4) is 0 Å². The van der Waals surface area contributed by atoms with Gasteiger partial charge in [0.2, 0.25) is 0 Å². The second-order valence-corrected chi connectivity index (χ2v) is 8.27. The summed E-state index contributed by atoms with van der Waals surface area (Å²) in [6.45, 7) is 11.8. The van der Waals surface area contributed by atoms with Crippen molar-refractivity contribution in [1.29, 1.82) is 0 Å². The Kier molecular flexibility index (Phi) is 9.71. The topological polar surface area (TPSA) is 49.5 Å². The fraction of sp³-hybridized carbons (Fsp3) is 1.00. The van der Waals surface area contributed by atoms with Gasteiger partial charge in [0.25, 0.3) is 0 Å². The van der Waals surface area contributed by atoms with Crippen molar-refractivity contribution in [3.8, 4) is 0 Å². The summed E-state index contributed by atoms with van der Waals surface area (Å²) in [6.07, 6.45) is 3.28. The van der Waals surface area contributed by atoms with E-state index in [-0.39, 0.29) is 12.2 Å². The van der Waals surface area contributed by atoms with Crippen LogP contribution >= 0.6 is 0 Å². The van der Waals surface area contributed by atoms with E-state index in [2.05, 4.69) is 20.8 Å². The minimum Gasteiger partial charge on any atom is -0.373 e. The number of hydrogen-bond donors (Lipinski definition) is 0. The van der Waals surface area contributed by atoms with Gasteiger partial charge in [0.1, 0.15) is 6.10 Å². The Morgan fingerprint density at radius 2 is 1.67 bits per heavy atom. The molecular formula is C15H32O5Si. The first kappa shape index (κ1) is 19.1. The summed E-state index contributed by atoms with van der Waals surface area (Å²) in [5.41, 5.74) is 0. The Labute approximate surface area is 130 Å². The lowest BCUT2D eigenvalue weighted by atomic mass is 10.4. The maximum atomic E-state index is 6.12. The van der Waals surface area contributed by atoms with E-state index < -0.39 is 8.80 Å². The molecule has 5 nitrogen and oxygen atoms in total. The highest BCUT2D eigenvalue weighted by Crippen LogP contribution is 2.20. The van der Waals surface area contributed by atoms with Gasteiger partial charge in [-0.15, -0.1) is 0 Å². The van der Waals surface area contributed by atoms with Crippen LogP contribution in [0.5, 0.6) is 0 Å². The van der Waals surface area contributed by atoms with Crippen LogP contribution in [0.15, 0.2) is 0 Å². The molecule has 2 unspecified atom stereocenters. The van der Waals surface area contributed by atoms with Crippen LogP contribution in [-0.4, -0.2) is 54.0 Å². The highest BCUT2D eigenvalue weighted by Gasteiger charge is 2.40. The van der Waals surface area contributed by atoms with Crippen molar-refractivity contribution in [1.82, 2.24) is 0 Å². The lowest BCUT2D eigenvalue weighted by Crippen LogP contribution is -2.47. The zero-order valence-corrected chi connectivity index (χ0v) is 15.1. The van der Waals surface area contributed by atoms with E-state index in [0.717, 1.165) is 31.9 Å². The Balaban J connectivity index is 2.42. The molecule has 0 saturated carbocycles. The summed E-state index contributed by atoms with van der Waals surface area (Å²) in [5, 5.41) is 0. The van der Waals surface area contributed by atoms with E-state index in [1.54, 1.807) is 0 Å². The molecule has 1 aliphatic rings. The molecule has 21 heavy (non-hydrogen) atoms. The summed E-state index contributed by atoms with van der Waals surface area (Å²) in [4.78, 5) is 0.